The van der Waals surface area contributed by atoms with Crippen molar-refractivity contribution in [1.29, 1.82) is 0 Å². The standard InChI is InChI=1S/C12H19F2N2/c1-3-16(4-2)10-9-15-12(14)7-5-11(13)6-8-12/h5-8,15H,3-4,9-10H2,1-2H3. The molecule has 0 amide bonds. The Hall–Kier alpha value is -0.740. The molecule has 1 rings (SSSR count). The summed E-state index contributed by atoms with van der Waals surface area (Å²) in [7, 11) is 0. The van der Waals surface area contributed by atoms with E-state index in [4.69, 9.17) is 0 Å². The molecule has 16 heavy (non-hydrogen) atoms. The first-order chi connectivity index (χ1) is 7.59. The van der Waals surface area contributed by atoms with Gasteiger partial charge in [-0.25, -0.2) is 8.78 Å². The van der Waals surface area contributed by atoms with Gasteiger partial charge in [0.05, 0.1) is 0 Å². The molecule has 1 N–H and O–H groups in total. The van der Waals surface area contributed by atoms with Gasteiger partial charge in [-0.3, -0.25) is 5.32 Å². The van der Waals surface area contributed by atoms with Crippen LogP contribution in [0.1, 0.15) is 13.8 Å². The SMILES string of the molecule is CCN(CC)CCNC1(F)[CH]C=C(F)C=C1. The Morgan fingerprint density at radius 2 is 2.06 bits per heavy atom. The van der Waals surface area contributed by atoms with Gasteiger partial charge in [0, 0.05) is 19.5 Å². The van der Waals surface area contributed by atoms with Crippen LogP contribution in [0.2, 0.25) is 0 Å². The van der Waals surface area contributed by atoms with Gasteiger partial charge >= 0.3 is 0 Å². The lowest BCUT2D eigenvalue weighted by molar-refractivity contribution is 0.203. The van der Waals surface area contributed by atoms with E-state index in [2.05, 4.69) is 24.1 Å². The molecular weight excluding hydrogens is 210 g/mol. The fourth-order valence-electron chi connectivity index (χ4n) is 1.58. The number of nitrogens with zero attached hydrogens (tertiary/aromatic N) is 1. The van der Waals surface area contributed by atoms with E-state index in [1.54, 1.807) is 0 Å². The Balaban J connectivity index is 2.30. The fraction of sp³-hybridized carbons (Fsp3) is 0.583. The van der Waals surface area contributed by atoms with Gasteiger partial charge in [0.2, 0.25) is 0 Å². The molecule has 0 heterocycles. The Bertz CT molecular complexity index is 272. The van der Waals surface area contributed by atoms with Gasteiger partial charge in [0.1, 0.15) is 5.83 Å². The van der Waals surface area contributed by atoms with Crippen molar-refractivity contribution in [2.45, 2.75) is 19.6 Å². The van der Waals surface area contributed by atoms with Crippen molar-refractivity contribution in [1.82, 2.24) is 10.2 Å². The maximum atomic E-state index is 13.9. The van der Waals surface area contributed by atoms with Crippen molar-refractivity contribution < 1.29 is 8.78 Å². The highest BCUT2D eigenvalue weighted by Crippen LogP contribution is 2.21. The average molecular weight is 229 g/mol. The predicted octanol–water partition coefficient (Wildman–Crippen LogP) is 2.21. The van der Waals surface area contributed by atoms with Crippen LogP contribution in [0.3, 0.4) is 0 Å². The predicted molar refractivity (Wildman–Crippen MR) is 62.3 cm³/mol. The van der Waals surface area contributed by atoms with Crippen molar-refractivity contribution in [3.63, 3.8) is 0 Å². The minimum absolute atomic E-state index is 0.418. The molecule has 1 atom stereocenters. The average Bonchev–Trinajstić information content (AvgIpc) is 2.29. The molecule has 0 spiro atoms. The minimum atomic E-state index is -1.71. The lowest BCUT2D eigenvalue weighted by atomic mass is 10.1. The van der Waals surface area contributed by atoms with Crippen molar-refractivity contribution in [3.8, 4) is 0 Å². The summed E-state index contributed by atoms with van der Waals surface area (Å²) in [5.41, 5.74) is 0. The second kappa shape index (κ2) is 6.11. The summed E-state index contributed by atoms with van der Waals surface area (Å²) in [5.74, 6) is -2.12. The van der Waals surface area contributed by atoms with Crippen LogP contribution < -0.4 is 5.32 Å². The molecule has 4 heteroatoms. The largest absolute Gasteiger partial charge is 0.303 e. The van der Waals surface area contributed by atoms with Crippen LogP contribution in [0.4, 0.5) is 8.78 Å². The third-order valence-electron chi connectivity index (χ3n) is 2.69. The molecule has 0 aromatic rings. The summed E-state index contributed by atoms with van der Waals surface area (Å²) < 4.78 is 26.5. The summed E-state index contributed by atoms with van der Waals surface area (Å²) in [5, 5.41) is 2.76. The van der Waals surface area contributed by atoms with E-state index >= 15 is 0 Å². The molecular formula is C12H19F2N2. The first-order valence-corrected chi connectivity index (χ1v) is 5.67. The number of hydrogen-bond acceptors (Lipinski definition) is 2. The zero-order chi connectivity index (χ0) is 12.0. The first-order valence-electron chi connectivity index (χ1n) is 5.67. The lowest BCUT2D eigenvalue weighted by Crippen LogP contribution is -2.44. The molecule has 1 aliphatic carbocycles. The first kappa shape index (κ1) is 13.3. The Morgan fingerprint density at radius 1 is 1.38 bits per heavy atom. The number of nitrogens with one attached hydrogen (secondary N) is 1. The Kier molecular flexibility index (Phi) is 5.09. The zero-order valence-electron chi connectivity index (χ0n) is 9.84. The van der Waals surface area contributed by atoms with Gasteiger partial charge < -0.3 is 4.90 Å². The van der Waals surface area contributed by atoms with Crippen molar-refractivity contribution in [2.75, 3.05) is 26.2 Å². The monoisotopic (exact) mass is 229 g/mol. The van der Waals surface area contributed by atoms with Crippen LogP contribution in [-0.4, -0.2) is 36.9 Å². The molecule has 0 saturated heterocycles. The van der Waals surface area contributed by atoms with Crippen LogP contribution in [0.15, 0.2) is 24.1 Å². The van der Waals surface area contributed by atoms with E-state index in [1.807, 2.05) is 0 Å². The van der Waals surface area contributed by atoms with Crippen LogP contribution in [0.25, 0.3) is 0 Å². The number of rotatable bonds is 6. The molecule has 0 bridgehead atoms. The molecule has 0 fully saturated rings. The number of halogens is 2. The highest BCUT2D eigenvalue weighted by atomic mass is 19.1. The van der Waals surface area contributed by atoms with Gasteiger partial charge in [-0.05, 0) is 31.3 Å². The third kappa shape index (κ3) is 4.02. The number of likely N-dealkylation sites (N-methyl/N-ethyl adjacent to an activating group) is 1. The van der Waals surface area contributed by atoms with E-state index in [-0.39, 0.29) is 0 Å². The number of hydrogen-bond donors (Lipinski definition) is 1. The summed E-state index contributed by atoms with van der Waals surface area (Å²) in [6.07, 6.45) is 4.68. The van der Waals surface area contributed by atoms with E-state index < -0.39 is 11.6 Å². The maximum absolute atomic E-state index is 13.9. The molecule has 1 aliphatic rings. The van der Waals surface area contributed by atoms with Gasteiger partial charge in [-0.2, -0.15) is 0 Å². The Labute approximate surface area is 96.0 Å². The second-order valence-electron chi connectivity index (χ2n) is 3.77. The topological polar surface area (TPSA) is 15.3 Å². The summed E-state index contributed by atoms with van der Waals surface area (Å²) in [6.45, 7) is 7.36. The minimum Gasteiger partial charge on any atom is -0.303 e. The number of allylic oxidation sites excluding steroid dienone is 2. The highest BCUT2D eigenvalue weighted by Gasteiger charge is 2.27. The Morgan fingerprint density at radius 3 is 2.56 bits per heavy atom. The van der Waals surface area contributed by atoms with E-state index in [1.165, 1.54) is 12.5 Å². The van der Waals surface area contributed by atoms with Gasteiger partial charge in [0.25, 0.3) is 0 Å². The zero-order valence-corrected chi connectivity index (χ0v) is 9.84. The van der Waals surface area contributed by atoms with E-state index in [0.29, 0.717) is 6.54 Å². The summed E-state index contributed by atoms with van der Waals surface area (Å²) in [6, 6.07) is 0. The van der Waals surface area contributed by atoms with Crippen LogP contribution in [0, 0.1) is 6.42 Å². The van der Waals surface area contributed by atoms with E-state index in [0.717, 1.165) is 31.8 Å². The van der Waals surface area contributed by atoms with E-state index in [9.17, 15) is 8.78 Å². The molecule has 0 aromatic carbocycles. The van der Waals surface area contributed by atoms with Crippen LogP contribution in [0.5, 0.6) is 0 Å². The van der Waals surface area contributed by atoms with Crippen molar-refractivity contribution in [2.24, 2.45) is 0 Å². The van der Waals surface area contributed by atoms with Gasteiger partial charge in [-0.15, -0.1) is 0 Å². The normalized spacial score (nSPS) is 24.9. The summed E-state index contributed by atoms with van der Waals surface area (Å²) in [4.78, 5) is 2.19. The van der Waals surface area contributed by atoms with Crippen LogP contribution >= 0.6 is 0 Å². The maximum Gasteiger partial charge on any atom is 0.187 e. The molecule has 0 aromatic heterocycles. The molecule has 0 aliphatic heterocycles. The van der Waals surface area contributed by atoms with Crippen molar-refractivity contribution >= 4 is 0 Å². The van der Waals surface area contributed by atoms with Gasteiger partial charge in [0.15, 0.2) is 5.79 Å². The lowest BCUT2D eigenvalue weighted by Gasteiger charge is -2.25. The highest BCUT2D eigenvalue weighted by molar-refractivity contribution is 5.29. The molecule has 0 saturated carbocycles. The molecule has 91 valence electrons. The molecule has 2 nitrogen and oxygen atoms in total. The van der Waals surface area contributed by atoms with Crippen LogP contribution in [-0.2, 0) is 0 Å². The number of alkyl halides is 1. The van der Waals surface area contributed by atoms with Gasteiger partial charge in [-0.1, -0.05) is 13.8 Å². The molecule has 1 radical (unpaired) electrons. The second-order valence-corrected chi connectivity index (χ2v) is 3.77. The third-order valence-corrected chi connectivity index (χ3v) is 2.69. The quantitative estimate of drug-likeness (QED) is 0.702. The fourth-order valence-corrected chi connectivity index (χ4v) is 1.58. The van der Waals surface area contributed by atoms with Crippen molar-refractivity contribution in [3.05, 3.63) is 30.5 Å². The molecule has 1 unspecified atom stereocenters. The smallest absolute Gasteiger partial charge is 0.187 e. The summed E-state index contributed by atoms with van der Waals surface area (Å²) >= 11 is 0.